The third-order valence-corrected chi connectivity index (χ3v) is 10.4. The summed E-state index contributed by atoms with van der Waals surface area (Å²) in [6, 6.07) is 0. The van der Waals surface area contributed by atoms with E-state index in [0.29, 0.717) is 0 Å². The molecule has 5 heteroatoms. The van der Waals surface area contributed by atoms with Crippen LogP contribution in [0, 0.1) is 0 Å². The van der Waals surface area contributed by atoms with Crippen molar-refractivity contribution in [3.05, 3.63) is 12.3 Å². The largest absolute Gasteiger partial charge is 1.00 e. The van der Waals surface area contributed by atoms with Crippen molar-refractivity contribution in [2.24, 2.45) is 0 Å². The van der Waals surface area contributed by atoms with Crippen LogP contribution >= 0.6 is 0 Å². The molecular formula is C8H20ORbSi3. The molecule has 0 aromatic carbocycles. The molecule has 0 saturated carbocycles. The molecule has 0 saturated heterocycles. The standard InChI is InChI=1S/C8H20OSi3.Rb/c1-7-10-8-12(5,6)9-11(2,3)4;/h7H,1,8H2,2-6H3;/q-1;+1. The summed E-state index contributed by atoms with van der Waals surface area (Å²) in [6.45, 7) is 15.2. The number of hydrogen-bond donors (Lipinski definition) is 0. The van der Waals surface area contributed by atoms with Crippen molar-refractivity contribution in [1.82, 2.24) is 0 Å². The van der Waals surface area contributed by atoms with E-state index < -0.39 is 16.6 Å². The fourth-order valence-corrected chi connectivity index (χ4v) is 11.3. The summed E-state index contributed by atoms with van der Waals surface area (Å²) in [4.78, 5) is 0. The van der Waals surface area contributed by atoms with Gasteiger partial charge in [-0.1, -0.05) is 0 Å². The Morgan fingerprint density at radius 3 is 2.00 bits per heavy atom. The first kappa shape index (κ1) is 17.5. The van der Waals surface area contributed by atoms with Gasteiger partial charge in [0.05, 0.1) is 0 Å². The molecule has 0 bridgehead atoms. The second-order valence-electron chi connectivity index (χ2n) is 4.56. The van der Waals surface area contributed by atoms with E-state index in [1.165, 1.54) is 5.67 Å². The smallest absolute Gasteiger partial charge is 0.458 e. The van der Waals surface area contributed by atoms with Gasteiger partial charge in [0.15, 0.2) is 8.32 Å². The van der Waals surface area contributed by atoms with Gasteiger partial charge < -0.3 is 13.6 Å². The summed E-state index contributed by atoms with van der Waals surface area (Å²) in [5, 5.41) is 0. The molecule has 0 aliphatic heterocycles. The first-order valence-electron chi connectivity index (χ1n) is 4.31. The van der Waals surface area contributed by atoms with Crippen molar-refractivity contribution < 1.29 is 62.3 Å². The Labute approximate surface area is 137 Å². The van der Waals surface area contributed by atoms with Crippen LogP contribution in [-0.2, 0) is 4.12 Å². The van der Waals surface area contributed by atoms with E-state index in [1.807, 2.05) is 5.70 Å². The molecule has 0 aromatic rings. The molecule has 0 spiro atoms. The summed E-state index contributed by atoms with van der Waals surface area (Å²) in [6.07, 6.45) is 0. The summed E-state index contributed by atoms with van der Waals surface area (Å²) < 4.78 is 6.16. The molecule has 0 aliphatic carbocycles. The van der Waals surface area contributed by atoms with E-state index >= 15 is 0 Å². The maximum absolute atomic E-state index is 6.16. The minimum Gasteiger partial charge on any atom is -0.458 e. The summed E-state index contributed by atoms with van der Waals surface area (Å²) >= 11 is 0. The van der Waals surface area contributed by atoms with Crippen LogP contribution in [0.4, 0.5) is 0 Å². The van der Waals surface area contributed by atoms with E-state index in [2.05, 4.69) is 39.3 Å². The zero-order chi connectivity index (χ0) is 9.83. The first-order valence-corrected chi connectivity index (χ1v) is 12.1. The monoisotopic (exact) mass is 301 g/mol. The topological polar surface area (TPSA) is 9.23 Å². The Hall–Kier alpha value is 2.16. The maximum Gasteiger partial charge on any atom is 1.00 e. The molecule has 1 radical (unpaired) electrons. The molecule has 0 aromatic heterocycles. The number of rotatable bonds is 5. The van der Waals surface area contributed by atoms with Gasteiger partial charge in [0.2, 0.25) is 0 Å². The first-order chi connectivity index (χ1) is 5.27. The molecule has 0 atom stereocenters. The Kier molecular flexibility index (Phi) is 10.0. The van der Waals surface area contributed by atoms with Crippen molar-refractivity contribution in [2.75, 3.05) is 0 Å². The molecule has 0 fully saturated rings. The van der Waals surface area contributed by atoms with E-state index in [9.17, 15) is 0 Å². The molecule has 0 heterocycles. The SMILES string of the molecule is C=C[Si-]C[Si](C)(C)O[Si](C)(C)C.[Rb+]. The van der Waals surface area contributed by atoms with Crippen LogP contribution in [0.3, 0.4) is 0 Å². The van der Waals surface area contributed by atoms with Crippen LogP contribution in [0.25, 0.3) is 0 Å². The van der Waals surface area contributed by atoms with Gasteiger partial charge in [-0.25, -0.2) is 0 Å². The predicted molar refractivity (Wildman–Crippen MR) is 62.7 cm³/mol. The summed E-state index contributed by atoms with van der Waals surface area (Å²) in [7, 11) is -1.79. The van der Waals surface area contributed by atoms with Gasteiger partial charge >= 0.3 is 58.2 Å². The van der Waals surface area contributed by atoms with Crippen molar-refractivity contribution in [3.8, 4) is 0 Å². The van der Waals surface area contributed by atoms with Crippen molar-refractivity contribution in [2.45, 2.75) is 38.4 Å². The maximum atomic E-state index is 6.16. The fraction of sp³-hybridized carbons (Fsp3) is 0.750. The van der Waals surface area contributed by atoms with Crippen LogP contribution in [0.2, 0.25) is 38.4 Å². The number of hydrogen-bond acceptors (Lipinski definition) is 1. The molecule has 0 amide bonds. The van der Waals surface area contributed by atoms with Gasteiger partial charge in [-0.2, -0.15) is 5.67 Å². The van der Waals surface area contributed by atoms with Gasteiger partial charge in [0, 0.05) is 0 Å². The van der Waals surface area contributed by atoms with Gasteiger partial charge in [0.1, 0.15) is 8.32 Å². The zero-order valence-electron chi connectivity index (χ0n) is 9.90. The Morgan fingerprint density at radius 1 is 1.23 bits per heavy atom. The molecule has 1 nitrogen and oxygen atoms in total. The molecule has 0 N–H and O–H groups in total. The Morgan fingerprint density at radius 2 is 1.69 bits per heavy atom. The van der Waals surface area contributed by atoms with Crippen LogP contribution in [-0.4, -0.2) is 26.2 Å². The minimum atomic E-state index is -1.36. The van der Waals surface area contributed by atoms with Crippen molar-refractivity contribution in [1.29, 1.82) is 0 Å². The van der Waals surface area contributed by atoms with E-state index in [4.69, 9.17) is 4.12 Å². The van der Waals surface area contributed by atoms with Crippen LogP contribution in [0.1, 0.15) is 0 Å². The Bertz CT molecular complexity index is 154. The third kappa shape index (κ3) is 12.1. The summed E-state index contributed by atoms with van der Waals surface area (Å²) in [5.74, 6) is 0. The average Bonchev–Trinajstić information content (AvgIpc) is 1.78. The second-order valence-corrected chi connectivity index (χ2v) is 15.4. The van der Waals surface area contributed by atoms with Gasteiger partial charge in [-0.05, 0) is 32.7 Å². The third-order valence-electron chi connectivity index (χ3n) is 1.25. The van der Waals surface area contributed by atoms with Crippen LogP contribution in [0.15, 0.2) is 12.3 Å². The zero-order valence-corrected chi connectivity index (χ0v) is 17.8. The van der Waals surface area contributed by atoms with E-state index in [-0.39, 0.29) is 58.2 Å². The van der Waals surface area contributed by atoms with Gasteiger partial charge in [-0.15, -0.1) is 6.58 Å². The van der Waals surface area contributed by atoms with Crippen molar-refractivity contribution in [3.63, 3.8) is 0 Å². The van der Waals surface area contributed by atoms with Gasteiger partial charge in [-0.3, -0.25) is 5.70 Å². The minimum absolute atomic E-state index is 0. The molecule has 0 aliphatic rings. The van der Waals surface area contributed by atoms with Crippen molar-refractivity contribution >= 4 is 26.2 Å². The quantitative estimate of drug-likeness (QED) is 0.642. The van der Waals surface area contributed by atoms with E-state index in [1.54, 1.807) is 0 Å². The second kappa shape index (κ2) is 7.43. The molecular weight excluding hydrogens is 282 g/mol. The molecule has 0 unspecified atom stereocenters. The predicted octanol–water partition coefficient (Wildman–Crippen LogP) is -0.148. The van der Waals surface area contributed by atoms with Crippen LogP contribution in [0.5, 0.6) is 0 Å². The normalized spacial score (nSPS) is 11.8. The van der Waals surface area contributed by atoms with Crippen LogP contribution < -0.4 is 58.2 Å². The average molecular weight is 302 g/mol. The molecule has 71 valence electrons. The molecule has 13 heavy (non-hydrogen) atoms. The fourth-order valence-electron chi connectivity index (χ4n) is 1.18. The van der Waals surface area contributed by atoms with Gasteiger partial charge in [0.25, 0.3) is 0 Å². The van der Waals surface area contributed by atoms with E-state index in [0.717, 1.165) is 9.52 Å². The summed E-state index contributed by atoms with van der Waals surface area (Å²) in [5.41, 5.74) is 3.25. The molecule has 0 rings (SSSR count). The Balaban J connectivity index is 0.